The largest absolute Gasteiger partial charge is 0.384 e. The van der Waals surface area contributed by atoms with Crippen LogP contribution in [0, 0.1) is 5.92 Å². The van der Waals surface area contributed by atoms with Gasteiger partial charge in [-0.25, -0.2) is 8.42 Å². The highest BCUT2D eigenvalue weighted by molar-refractivity contribution is 7.91. The molecule has 0 heterocycles. The van der Waals surface area contributed by atoms with Crippen molar-refractivity contribution in [3.63, 3.8) is 0 Å². The predicted octanol–water partition coefficient (Wildman–Crippen LogP) is 2.42. The van der Waals surface area contributed by atoms with Crippen molar-refractivity contribution in [1.82, 2.24) is 5.32 Å². The molecule has 1 aliphatic carbocycles. The Bertz CT molecular complexity index is 616. The lowest BCUT2D eigenvalue weighted by atomic mass is 9.87. The highest BCUT2D eigenvalue weighted by Crippen LogP contribution is 2.23. The first-order valence-corrected chi connectivity index (χ1v) is 9.70. The van der Waals surface area contributed by atoms with E-state index in [0.717, 1.165) is 31.6 Å². The maximum atomic E-state index is 12.2. The molecule has 1 N–H and O–H groups in total. The topological polar surface area (TPSA) is 72.5 Å². The second-order valence-corrected chi connectivity index (χ2v) is 8.38. The summed E-state index contributed by atoms with van der Waals surface area (Å²) in [7, 11) is -1.89. The van der Waals surface area contributed by atoms with Crippen molar-refractivity contribution in [1.29, 1.82) is 0 Å². The molecule has 1 aromatic rings. The van der Waals surface area contributed by atoms with Crippen LogP contribution in [0.2, 0.25) is 0 Å². The fraction of sp³-hybridized carbons (Fsp3) is 0.588. The zero-order valence-electron chi connectivity index (χ0n) is 13.7. The summed E-state index contributed by atoms with van der Waals surface area (Å²) in [6, 6.07) is 6.34. The first-order chi connectivity index (χ1) is 10.9. The molecule has 1 saturated carbocycles. The molecule has 1 amide bonds. The van der Waals surface area contributed by atoms with Gasteiger partial charge in [-0.05, 0) is 55.9 Å². The number of carbonyl (C=O) groups excluding carboxylic acids is 1. The second-order valence-electron chi connectivity index (χ2n) is 6.27. The minimum atomic E-state index is -3.35. The van der Waals surface area contributed by atoms with Crippen LogP contribution in [0.1, 0.15) is 43.0 Å². The molecular weight excluding hydrogens is 314 g/mol. The number of benzene rings is 1. The van der Waals surface area contributed by atoms with E-state index in [1.807, 2.05) is 0 Å². The Morgan fingerprint density at radius 2 is 1.78 bits per heavy atom. The summed E-state index contributed by atoms with van der Waals surface area (Å²) >= 11 is 0. The molecule has 2 rings (SSSR count). The molecule has 0 spiro atoms. The van der Waals surface area contributed by atoms with E-state index in [1.54, 1.807) is 12.1 Å². The van der Waals surface area contributed by atoms with Gasteiger partial charge < -0.3 is 10.1 Å². The number of carbonyl (C=O) groups is 1. The van der Waals surface area contributed by atoms with Gasteiger partial charge in [0, 0.05) is 18.7 Å². The highest BCUT2D eigenvalue weighted by atomic mass is 32.2. The van der Waals surface area contributed by atoms with Crippen LogP contribution < -0.4 is 5.32 Å². The number of hydrogen-bond donors (Lipinski definition) is 1. The highest BCUT2D eigenvalue weighted by Gasteiger charge is 2.21. The lowest BCUT2D eigenvalue weighted by Gasteiger charge is -2.26. The number of ether oxygens (including phenoxy) is 1. The molecule has 5 nitrogen and oxygen atoms in total. The van der Waals surface area contributed by atoms with Crippen LogP contribution in [-0.4, -0.2) is 39.8 Å². The van der Waals surface area contributed by atoms with Crippen molar-refractivity contribution in [2.45, 2.75) is 43.5 Å². The van der Waals surface area contributed by atoms with Crippen molar-refractivity contribution in [3.8, 4) is 0 Å². The Labute approximate surface area is 138 Å². The molecule has 0 atom stereocenters. The summed E-state index contributed by atoms with van der Waals surface area (Å²) in [5.41, 5.74) is 0.495. The van der Waals surface area contributed by atoms with Crippen molar-refractivity contribution >= 4 is 15.7 Å². The molecule has 0 unspecified atom stereocenters. The third kappa shape index (κ3) is 5.04. The Hall–Kier alpha value is -1.40. The van der Waals surface area contributed by atoms with E-state index >= 15 is 0 Å². The number of nitrogens with one attached hydrogen (secondary N) is 1. The summed E-state index contributed by atoms with van der Waals surface area (Å²) in [4.78, 5) is 12.5. The number of sulfone groups is 1. The van der Waals surface area contributed by atoms with Crippen LogP contribution in [0.5, 0.6) is 0 Å². The molecule has 0 aliphatic heterocycles. The zero-order chi connectivity index (χ0) is 16.9. The quantitative estimate of drug-likeness (QED) is 0.864. The first kappa shape index (κ1) is 17.9. The predicted molar refractivity (Wildman–Crippen MR) is 89.3 cm³/mol. The minimum absolute atomic E-state index is 0.0602. The van der Waals surface area contributed by atoms with E-state index < -0.39 is 9.84 Å². The fourth-order valence-electron chi connectivity index (χ4n) is 2.80. The molecule has 1 fully saturated rings. The van der Waals surface area contributed by atoms with Gasteiger partial charge in [0.05, 0.1) is 17.3 Å². The van der Waals surface area contributed by atoms with Gasteiger partial charge in [-0.2, -0.15) is 0 Å². The third-order valence-electron chi connectivity index (χ3n) is 4.38. The van der Waals surface area contributed by atoms with Gasteiger partial charge in [-0.3, -0.25) is 4.79 Å². The normalized spacial score (nSPS) is 21.8. The zero-order valence-corrected chi connectivity index (χ0v) is 14.6. The molecule has 1 aromatic carbocycles. The standard InChI is InChI=1S/C17H25NO4S/c1-13-3-7-15(8-4-13)18-17(19)14-5-9-16(10-6-14)23(20,21)12-11-22-2/h5-6,9-10,13,15H,3-4,7-8,11-12H2,1-2H3,(H,18,19). The average molecular weight is 339 g/mol. The van der Waals surface area contributed by atoms with Gasteiger partial charge in [0.2, 0.25) is 0 Å². The molecule has 0 aromatic heterocycles. The summed E-state index contributed by atoms with van der Waals surface area (Å²) in [5.74, 6) is 0.542. The minimum Gasteiger partial charge on any atom is -0.384 e. The van der Waals surface area contributed by atoms with E-state index in [9.17, 15) is 13.2 Å². The summed E-state index contributed by atoms with van der Waals surface area (Å²) in [6.45, 7) is 2.39. The van der Waals surface area contributed by atoms with Crippen LogP contribution in [0.15, 0.2) is 29.2 Å². The second kappa shape index (κ2) is 7.93. The van der Waals surface area contributed by atoms with Crippen molar-refractivity contribution in [2.75, 3.05) is 19.5 Å². The van der Waals surface area contributed by atoms with Gasteiger partial charge >= 0.3 is 0 Å². The fourth-order valence-corrected chi connectivity index (χ4v) is 3.97. The van der Waals surface area contributed by atoms with Gasteiger partial charge in [-0.1, -0.05) is 6.92 Å². The summed E-state index contributed by atoms with van der Waals surface area (Å²) in [6.07, 6.45) is 4.30. The van der Waals surface area contributed by atoms with E-state index in [0.29, 0.717) is 5.56 Å². The summed E-state index contributed by atoms with van der Waals surface area (Å²) in [5, 5.41) is 3.04. The van der Waals surface area contributed by atoms with Crippen LogP contribution in [-0.2, 0) is 14.6 Å². The van der Waals surface area contributed by atoms with Gasteiger partial charge in [0.25, 0.3) is 5.91 Å². The Kier molecular flexibility index (Phi) is 6.18. The van der Waals surface area contributed by atoms with Crippen molar-refractivity contribution in [2.24, 2.45) is 5.92 Å². The van der Waals surface area contributed by atoms with Crippen LogP contribution in [0.25, 0.3) is 0 Å². The monoisotopic (exact) mass is 339 g/mol. The number of amides is 1. The maximum Gasteiger partial charge on any atom is 0.251 e. The number of rotatable bonds is 6. The molecule has 0 saturated heterocycles. The van der Waals surface area contributed by atoms with Crippen molar-refractivity contribution < 1.29 is 17.9 Å². The molecule has 0 bridgehead atoms. The number of hydrogen-bond acceptors (Lipinski definition) is 4. The Morgan fingerprint density at radius 3 is 2.35 bits per heavy atom. The lowest BCUT2D eigenvalue weighted by Crippen LogP contribution is -2.37. The number of methoxy groups -OCH3 is 1. The van der Waals surface area contributed by atoms with E-state index in [1.165, 1.54) is 19.2 Å². The average Bonchev–Trinajstić information content (AvgIpc) is 2.55. The third-order valence-corrected chi connectivity index (χ3v) is 6.08. The van der Waals surface area contributed by atoms with Crippen LogP contribution in [0.3, 0.4) is 0 Å². The maximum absolute atomic E-state index is 12.2. The van der Waals surface area contributed by atoms with Crippen molar-refractivity contribution in [3.05, 3.63) is 29.8 Å². The molecular formula is C17H25NO4S. The lowest BCUT2D eigenvalue weighted by molar-refractivity contribution is 0.0923. The molecule has 0 radical (unpaired) electrons. The Morgan fingerprint density at radius 1 is 1.17 bits per heavy atom. The Balaban J connectivity index is 1.97. The molecule has 128 valence electrons. The van der Waals surface area contributed by atoms with Crippen LogP contribution >= 0.6 is 0 Å². The molecule has 1 aliphatic rings. The first-order valence-electron chi connectivity index (χ1n) is 8.05. The molecule has 23 heavy (non-hydrogen) atoms. The van der Waals surface area contributed by atoms with E-state index in [-0.39, 0.29) is 29.2 Å². The molecule has 6 heteroatoms. The van der Waals surface area contributed by atoms with E-state index in [4.69, 9.17) is 4.74 Å². The SMILES string of the molecule is COCCS(=O)(=O)c1ccc(C(=O)NC2CCC(C)CC2)cc1. The van der Waals surface area contributed by atoms with E-state index in [2.05, 4.69) is 12.2 Å². The van der Waals surface area contributed by atoms with Gasteiger partial charge in [0.15, 0.2) is 9.84 Å². The van der Waals surface area contributed by atoms with Crippen LogP contribution in [0.4, 0.5) is 0 Å². The van der Waals surface area contributed by atoms with Gasteiger partial charge in [-0.15, -0.1) is 0 Å². The summed E-state index contributed by atoms with van der Waals surface area (Å²) < 4.78 is 28.9. The smallest absolute Gasteiger partial charge is 0.251 e. The van der Waals surface area contributed by atoms with Gasteiger partial charge in [0.1, 0.15) is 0 Å².